The van der Waals surface area contributed by atoms with Crippen molar-refractivity contribution in [3.05, 3.63) is 48.2 Å². The van der Waals surface area contributed by atoms with Crippen molar-refractivity contribution in [1.29, 1.82) is 0 Å². The summed E-state index contributed by atoms with van der Waals surface area (Å²) in [4.78, 5) is 21.4. The molecule has 1 saturated heterocycles. The number of nitrogens with two attached hydrogens (primary N) is 1. The first kappa shape index (κ1) is 20.3. The van der Waals surface area contributed by atoms with E-state index in [1.165, 1.54) is 12.8 Å². The first-order chi connectivity index (χ1) is 13.6. The summed E-state index contributed by atoms with van der Waals surface area (Å²) in [5.74, 6) is 0.566. The fourth-order valence-corrected chi connectivity index (χ4v) is 3.80. The van der Waals surface area contributed by atoms with Crippen LogP contribution in [0.2, 0.25) is 0 Å². The van der Waals surface area contributed by atoms with Crippen molar-refractivity contribution >= 4 is 11.6 Å². The summed E-state index contributed by atoms with van der Waals surface area (Å²) >= 11 is 0. The van der Waals surface area contributed by atoms with Gasteiger partial charge in [0.05, 0.1) is 12.3 Å². The zero-order valence-electron chi connectivity index (χ0n) is 16.8. The summed E-state index contributed by atoms with van der Waals surface area (Å²) in [6, 6.07) is 11.2. The largest absolute Gasteiger partial charge is 0.399 e. The Bertz CT molecular complexity index is 778. The van der Waals surface area contributed by atoms with Gasteiger partial charge in [-0.15, -0.1) is 0 Å². The number of nitrogens with zero attached hydrogens (tertiary/aromatic N) is 3. The molecule has 0 aliphatic carbocycles. The maximum absolute atomic E-state index is 12.8. The number of amides is 1. The van der Waals surface area contributed by atoms with Crippen LogP contribution < -0.4 is 5.73 Å². The molecule has 1 unspecified atom stereocenters. The second-order valence-corrected chi connectivity index (χ2v) is 7.54. The Morgan fingerprint density at radius 2 is 2.11 bits per heavy atom. The Kier molecular flexibility index (Phi) is 7.01. The number of rotatable bonds is 7. The van der Waals surface area contributed by atoms with Crippen LogP contribution in [0.4, 0.5) is 5.69 Å². The van der Waals surface area contributed by atoms with E-state index in [9.17, 15) is 4.79 Å². The number of hydrogen-bond donors (Lipinski definition) is 1. The number of ether oxygens (including phenoxy) is 1. The second kappa shape index (κ2) is 9.66. The summed E-state index contributed by atoms with van der Waals surface area (Å²) in [7, 11) is 3.63. The lowest BCUT2D eigenvalue weighted by Crippen LogP contribution is -2.42. The molecule has 1 aliphatic heterocycles. The van der Waals surface area contributed by atoms with Crippen molar-refractivity contribution in [3.8, 4) is 11.3 Å². The van der Waals surface area contributed by atoms with Crippen molar-refractivity contribution in [3.63, 3.8) is 0 Å². The number of nitrogen functional groups attached to an aromatic ring is 1. The van der Waals surface area contributed by atoms with E-state index < -0.39 is 0 Å². The van der Waals surface area contributed by atoms with Crippen LogP contribution in [0, 0.1) is 5.92 Å². The summed E-state index contributed by atoms with van der Waals surface area (Å²) in [6.45, 7) is 4.65. The number of aromatic nitrogens is 1. The number of anilines is 1. The van der Waals surface area contributed by atoms with Gasteiger partial charge in [-0.3, -0.25) is 9.78 Å². The number of benzene rings is 1. The van der Waals surface area contributed by atoms with Crippen LogP contribution >= 0.6 is 0 Å². The molecule has 3 rings (SSSR count). The molecular weight excluding hydrogens is 352 g/mol. The standard InChI is InChI=1S/C22H30N4O2/c1-25(15-17-4-3-11-26(16-17)12-13-28-2)22(27)19-7-5-18(6-8-19)21-14-20(23)9-10-24-21/h5-10,14,17H,3-4,11-13,15-16H2,1-2H3,(H2,23,24). The number of pyridine rings is 1. The minimum Gasteiger partial charge on any atom is -0.399 e. The van der Waals surface area contributed by atoms with Gasteiger partial charge in [-0.2, -0.15) is 0 Å². The Hall–Kier alpha value is -2.44. The van der Waals surface area contributed by atoms with Crippen molar-refractivity contribution in [2.75, 3.05) is 52.7 Å². The molecule has 0 spiro atoms. The fourth-order valence-electron chi connectivity index (χ4n) is 3.80. The molecule has 150 valence electrons. The normalized spacial score (nSPS) is 17.4. The average molecular weight is 383 g/mol. The Labute approximate surface area is 167 Å². The van der Waals surface area contributed by atoms with Gasteiger partial charge in [0.25, 0.3) is 5.91 Å². The maximum atomic E-state index is 12.8. The molecule has 1 amide bonds. The minimum atomic E-state index is 0.0566. The highest BCUT2D eigenvalue weighted by Crippen LogP contribution is 2.21. The fraction of sp³-hybridized carbons (Fsp3) is 0.455. The Morgan fingerprint density at radius 1 is 1.32 bits per heavy atom. The van der Waals surface area contributed by atoms with Crippen molar-refractivity contribution in [2.24, 2.45) is 5.92 Å². The van der Waals surface area contributed by atoms with E-state index >= 15 is 0 Å². The molecule has 1 aliphatic rings. The highest BCUT2D eigenvalue weighted by atomic mass is 16.5. The monoisotopic (exact) mass is 382 g/mol. The number of carbonyl (C=O) groups excluding carboxylic acids is 1. The summed E-state index contributed by atoms with van der Waals surface area (Å²) in [5, 5.41) is 0. The van der Waals surface area contributed by atoms with Crippen molar-refractivity contribution in [1.82, 2.24) is 14.8 Å². The van der Waals surface area contributed by atoms with E-state index in [0.29, 0.717) is 17.2 Å². The first-order valence-electron chi connectivity index (χ1n) is 9.85. The topological polar surface area (TPSA) is 71.7 Å². The zero-order chi connectivity index (χ0) is 19.9. The van der Waals surface area contributed by atoms with Crippen LogP contribution in [0.3, 0.4) is 0 Å². The third kappa shape index (κ3) is 5.30. The lowest BCUT2D eigenvalue weighted by atomic mass is 9.97. The summed E-state index contributed by atoms with van der Waals surface area (Å²) in [5.41, 5.74) is 8.96. The molecule has 6 nitrogen and oxygen atoms in total. The number of carbonyl (C=O) groups is 1. The molecule has 2 aromatic rings. The highest BCUT2D eigenvalue weighted by Gasteiger charge is 2.23. The molecule has 0 radical (unpaired) electrons. The molecule has 2 N–H and O–H groups in total. The van der Waals surface area contributed by atoms with E-state index in [2.05, 4.69) is 9.88 Å². The van der Waals surface area contributed by atoms with Crippen molar-refractivity contribution < 1.29 is 9.53 Å². The van der Waals surface area contributed by atoms with Crippen LogP contribution in [-0.4, -0.2) is 67.6 Å². The van der Waals surface area contributed by atoms with Gasteiger partial charge in [0.1, 0.15) is 0 Å². The summed E-state index contributed by atoms with van der Waals surface area (Å²) in [6.07, 6.45) is 4.04. The third-order valence-corrected chi connectivity index (χ3v) is 5.31. The van der Waals surface area contributed by atoms with E-state index in [4.69, 9.17) is 10.5 Å². The molecule has 1 atom stereocenters. The summed E-state index contributed by atoms with van der Waals surface area (Å²) < 4.78 is 5.19. The van der Waals surface area contributed by atoms with Crippen molar-refractivity contribution in [2.45, 2.75) is 12.8 Å². The van der Waals surface area contributed by atoms with Crippen LogP contribution in [0.1, 0.15) is 23.2 Å². The zero-order valence-corrected chi connectivity index (χ0v) is 16.8. The van der Waals surface area contributed by atoms with Gasteiger partial charge in [-0.05, 0) is 49.6 Å². The van der Waals surface area contributed by atoms with Gasteiger partial charge in [-0.25, -0.2) is 0 Å². The highest BCUT2D eigenvalue weighted by molar-refractivity contribution is 5.94. The molecule has 1 aromatic heterocycles. The van der Waals surface area contributed by atoms with Gasteiger partial charge in [0, 0.05) is 56.8 Å². The lowest BCUT2D eigenvalue weighted by molar-refractivity contribution is 0.0703. The molecule has 0 bridgehead atoms. The molecule has 28 heavy (non-hydrogen) atoms. The van der Waals surface area contributed by atoms with Gasteiger partial charge < -0.3 is 20.3 Å². The minimum absolute atomic E-state index is 0.0566. The lowest BCUT2D eigenvalue weighted by Gasteiger charge is -2.34. The smallest absolute Gasteiger partial charge is 0.253 e. The quantitative estimate of drug-likeness (QED) is 0.797. The van der Waals surface area contributed by atoms with Crippen LogP contribution in [0.15, 0.2) is 42.6 Å². The second-order valence-electron chi connectivity index (χ2n) is 7.54. The van der Waals surface area contributed by atoms with Crippen LogP contribution in [-0.2, 0) is 4.74 Å². The number of likely N-dealkylation sites (tertiary alicyclic amines) is 1. The van der Waals surface area contributed by atoms with Gasteiger partial charge in [0.15, 0.2) is 0 Å². The Balaban J connectivity index is 1.58. The molecular formula is C22H30N4O2. The van der Waals surface area contributed by atoms with Gasteiger partial charge >= 0.3 is 0 Å². The van der Waals surface area contributed by atoms with Crippen LogP contribution in [0.25, 0.3) is 11.3 Å². The molecule has 6 heteroatoms. The first-order valence-corrected chi connectivity index (χ1v) is 9.85. The van der Waals surface area contributed by atoms with E-state index in [1.54, 1.807) is 19.4 Å². The SMILES string of the molecule is COCCN1CCCC(CN(C)C(=O)c2ccc(-c3cc(N)ccn3)cc2)C1. The van der Waals surface area contributed by atoms with Gasteiger partial charge in [0.2, 0.25) is 0 Å². The van der Waals surface area contributed by atoms with E-state index in [-0.39, 0.29) is 5.91 Å². The number of piperidine rings is 1. The number of hydrogen-bond acceptors (Lipinski definition) is 5. The average Bonchev–Trinajstić information content (AvgIpc) is 2.72. The molecule has 2 heterocycles. The molecule has 0 saturated carbocycles. The predicted octanol–water partition coefficient (Wildman–Crippen LogP) is 2.76. The predicted molar refractivity (Wildman–Crippen MR) is 112 cm³/mol. The van der Waals surface area contributed by atoms with Crippen LogP contribution in [0.5, 0.6) is 0 Å². The number of methoxy groups -OCH3 is 1. The Morgan fingerprint density at radius 3 is 2.82 bits per heavy atom. The third-order valence-electron chi connectivity index (χ3n) is 5.31. The maximum Gasteiger partial charge on any atom is 0.253 e. The van der Waals surface area contributed by atoms with E-state index in [1.807, 2.05) is 42.3 Å². The van der Waals surface area contributed by atoms with E-state index in [0.717, 1.165) is 44.0 Å². The molecule has 1 aromatic carbocycles. The van der Waals surface area contributed by atoms with Gasteiger partial charge in [-0.1, -0.05) is 12.1 Å². The molecule has 1 fully saturated rings.